The van der Waals surface area contributed by atoms with Crippen LogP contribution in [0.15, 0.2) is 18.2 Å². The van der Waals surface area contributed by atoms with Crippen LogP contribution in [0.1, 0.15) is 36.1 Å². The molecule has 0 saturated carbocycles. The van der Waals surface area contributed by atoms with E-state index >= 15 is 0 Å². The minimum atomic E-state index is -4.87. The molecule has 2 aromatic rings. The van der Waals surface area contributed by atoms with Crippen LogP contribution in [-0.2, 0) is 26.9 Å². The first-order valence-electron chi connectivity index (χ1n) is 8.69. The van der Waals surface area contributed by atoms with Crippen molar-refractivity contribution in [3.05, 3.63) is 40.5 Å². The van der Waals surface area contributed by atoms with Crippen LogP contribution in [0, 0.1) is 17.2 Å². The fraction of sp³-hybridized carbons (Fsp3) is 0.368. The Morgan fingerprint density at radius 2 is 1.77 bits per heavy atom. The molecule has 0 radical (unpaired) electrons. The molecule has 4 atom stereocenters. The molecule has 1 fully saturated rings. The standard InChI is InChI=1S/C19H15F3N2O6/c1-17-10-11(18(2,30-17)13(25)12(17)16(28)29)15(27)24(14(10)26)8-4-3-7(6-23)9(5-8)19(20,21)22/h3-5,12-13,25-27H,1-2H3,(H,28,29)/t12-,13+,17+,18-/m0/s1. The maximum atomic E-state index is 13.3. The SMILES string of the molecule is C[C@]12O[C@](C)(c3c1c(O)n(-c1ccc(C#N)c(C(F)(F)F)c1)c3O)[C@H](C(=O)O)[C@H]2O. The summed E-state index contributed by atoms with van der Waals surface area (Å²) in [6, 6.07) is 4.02. The maximum absolute atomic E-state index is 13.3. The second-order valence-corrected chi connectivity index (χ2v) is 7.65. The van der Waals surface area contributed by atoms with Crippen molar-refractivity contribution in [3.63, 3.8) is 0 Å². The zero-order chi connectivity index (χ0) is 22.4. The number of aliphatic carboxylic acids is 1. The predicted molar refractivity (Wildman–Crippen MR) is 91.7 cm³/mol. The van der Waals surface area contributed by atoms with Crippen molar-refractivity contribution in [1.29, 1.82) is 5.26 Å². The van der Waals surface area contributed by atoms with Gasteiger partial charge in [0.1, 0.15) is 23.2 Å². The minimum Gasteiger partial charge on any atom is -0.494 e. The van der Waals surface area contributed by atoms with E-state index in [2.05, 4.69) is 0 Å². The van der Waals surface area contributed by atoms with E-state index in [1.807, 2.05) is 0 Å². The quantitative estimate of drug-likeness (QED) is 0.581. The highest BCUT2D eigenvalue weighted by molar-refractivity contribution is 5.77. The van der Waals surface area contributed by atoms with Crippen LogP contribution in [0.2, 0.25) is 0 Å². The number of aliphatic hydroxyl groups is 1. The largest absolute Gasteiger partial charge is 0.494 e. The number of aromatic hydroxyl groups is 2. The molecule has 0 unspecified atom stereocenters. The summed E-state index contributed by atoms with van der Waals surface area (Å²) in [6.45, 7) is 2.64. The number of aromatic nitrogens is 1. The fourth-order valence-electron chi connectivity index (χ4n) is 4.70. The lowest BCUT2D eigenvalue weighted by Crippen LogP contribution is -2.44. The lowest BCUT2D eigenvalue weighted by Gasteiger charge is -2.30. The molecule has 4 rings (SSSR count). The van der Waals surface area contributed by atoms with Gasteiger partial charge in [-0.1, -0.05) is 0 Å². The van der Waals surface area contributed by atoms with Gasteiger partial charge in [0.25, 0.3) is 0 Å². The number of nitriles is 1. The highest BCUT2D eigenvalue weighted by atomic mass is 19.4. The Balaban J connectivity index is 1.99. The third-order valence-electron chi connectivity index (χ3n) is 5.96. The third-order valence-corrected chi connectivity index (χ3v) is 5.96. The number of rotatable bonds is 2. The number of benzene rings is 1. The number of alkyl halides is 3. The van der Waals surface area contributed by atoms with Gasteiger partial charge in [0, 0.05) is 0 Å². The molecule has 158 valence electrons. The summed E-state index contributed by atoms with van der Waals surface area (Å²) in [7, 11) is 0. The van der Waals surface area contributed by atoms with Crippen molar-refractivity contribution in [1.82, 2.24) is 4.57 Å². The van der Waals surface area contributed by atoms with Crippen LogP contribution in [0.25, 0.3) is 5.69 Å². The van der Waals surface area contributed by atoms with Gasteiger partial charge in [0.2, 0.25) is 11.8 Å². The van der Waals surface area contributed by atoms with E-state index in [1.165, 1.54) is 19.9 Å². The second-order valence-electron chi connectivity index (χ2n) is 7.65. The maximum Gasteiger partial charge on any atom is 0.417 e. The lowest BCUT2D eigenvalue weighted by molar-refractivity contribution is -0.150. The highest BCUT2D eigenvalue weighted by Gasteiger charge is 2.71. The van der Waals surface area contributed by atoms with E-state index in [1.54, 1.807) is 0 Å². The third kappa shape index (κ3) is 2.20. The number of halogens is 3. The lowest BCUT2D eigenvalue weighted by atomic mass is 9.71. The summed E-state index contributed by atoms with van der Waals surface area (Å²) in [5, 5.41) is 50.6. The van der Waals surface area contributed by atoms with Gasteiger partial charge in [0.15, 0.2) is 0 Å². The number of nitrogens with zero attached hydrogens (tertiary/aromatic N) is 2. The Bertz CT molecular complexity index is 1150. The van der Waals surface area contributed by atoms with Gasteiger partial charge in [-0.2, -0.15) is 18.4 Å². The molecule has 3 heterocycles. The Morgan fingerprint density at radius 1 is 1.20 bits per heavy atom. The number of ether oxygens (including phenoxy) is 1. The molecule has 0 aliphatic carbocycles. The van der Waals surface area contributed by atoms with Gasteiger partial charge in [-0.05, 0) is 32.0 Å². The van der Waals surface area contributed by atoms with E-state index in [0.717, 1.165) is 12.1 Å². The number of aliphatic hydroxyl groups excluding tert-OH is 1. The van der Waals surface area contributed by atoms with Gasteiger partial charge in [-0.25, -0.2) is 0 Å². The van der Waals surface area contributed by atoms with Crippen LogP contribution in [0.4, 0.5) is 13.2 Å². The van der Waals surface area contributed by atoms with Crippen molar-refractivity contribution < 1.29 is 43.1 Å². The smallest absolute Gasteiger partial charge is 0.417 e. The summed E-state index contributed by atoms with van der Waals surface area (Å²) in [4.78, 5) is 11.7. The molecule has 11 heteroatoms. The number of carboxylic acids is 1. The van der Waals surface area contributed by atoms with Crippen molar-refractivity contribution in [2.45, 2.75) is 37.3 Å². The molecule has 4 N–H and O–H groups in total. The van der Waals surface area contributed by atoms with Crippen LogP contribution < -0.4 is 0 Å². The summed E-state index contributed by atoms with van der Waals surface area (Å²) in [6.07, 6.45) is -6.45. The Labute approximate surface area is 167 Å². The van der Waals surface area contributed by atoms with Crippen molar-refractivity contribution in [2.75, 3.05) is 0 Å². The first kappa shape index (κ1) is 20.1. The fourth-order valence-corrected chi connectivity index (χ4v) is 4.70. The monoisotopic (exact) mass is 424 g/mol. The van der Waals surface area contributed by atoms with E-state index in [9.17, 15) is 38.4 Å². The molecular weight excluding hydrogens is 409 g/mol. The van der Waals surface area contributed by atoms with Crippen molar-refractivity contribution in [2.24, 2.45) is 5.92 Å². The minimum absolute atomic E-state index is 0.106. The van der Waals surface area contributed by atoms with Crippen LogP contribution in [0.3, 0.4) is 0 Å². The zero-order valence-corrected chi connectivity index (χ0v) is 15.5. The summed E-state index contributed by atoms with van der Waals surface area (Å²) < 4.78 is 46.4. The Hall–Kier alpha value is -3.23. The van der Waals surface area contributed by atoms with E-state index < -0.39 is 58.3 Å². The van der Waals surface area contributed by atoms with Gasteiger partial charge in [-0.3, -0.25) is 9.36 Å². The molecule has 1 saturated heterocycles. The summed E-state index contributed by atoms with van der Waals surface area (Å²) in [5.74, 6) is -4.30. The van der Waals surface area contributed by atoms with E-state index in [4.69, 9.17) is 10.00 Å². The normalized spacial score (nSPS) is 29.6. The zero-order valence-electron chi connectivity index (χ0n) is 15.5. The van der Waals surface area contributed by atoms with Gasteiger partial charge < -0.3 is 25.2 Å². The van der Waals surface area contributed by atoms with Crippen LogP contribution >= 0.6 is 0 Å². The average molecular weight is 424 g/mol. The van der Waals surface area contributed by atoms with Gasteiger partial charge in [-0.15, -0.1) is 0 Å². The second kappa shape index (κ2) is 5.68. The number of carbonyl (C=O) groups is 1. The average Bonchev–Trinajstić information content (AvgIpc) is 3.13. The number of hydrogen-bond acceptors (Lipinski definition) is 6. The van der Waals surface area contributed by atoms with Crippen LogP contribution in [0.5, 0.6) is 11.8 Å². The Morgan fingerprint density at radius 3 is 2.27 bits per heavy atom. The first-order chi connectivity index (χ1) is 13.8. The van der Waals surface area contributed by atoms with Crippen LogP contribution in [-0.4, -0.2) is 37.1 Å². The molecular formula is C19H15F3N2O6. The topological polar surface area (TPSA) is 136 Å². The number of hydrogen-bond donors (Lipinski definition) is 4. The van der Waals surface area contributed by atoms with Crippen molar-refractivity contribution >= 4 is 5.97 Å². The molecule has 8 nitrogen and oxygen atoms in total. The predicted octanol–water partition coefficient (Wildman–Crippen LogP) is 2.31. The van der Waals surface area contributed by atoms with Crippen molar-refractivity contribution in [3.8, 4) is 23.5 Å². The summed E-state index contributed by atoms with van der Waals surface area (Å²) in [5.41, 5.74) is -5.90. The van der Waals surface area contributed by atoms with Gasteiger partial charge >= 0.3 is 12.1 Å². The van der Waals surface area contributed by atoms with Gasteiger partial charge in [0.05, 0.1) is 34.0 Å². The Kier molecular flexibility index (Phi) is 3.80. The van der Waals surface area contributed by atoms with E-state index in [-0.39, 0.29) is 16.8 Å². The molecule has 0 amide bonds. The molecule has 2 aliphatic rings. The molecule has 2 aliphatic heterocycles. The molecule has 30 heavy (non-hydrogen) atoms. The number of carboxylic acid groups (broad SMARTS) is 1. The van der Waals surface area contributed by atoms with E-state index in [0.29, 0.717) is 10.6 Å². The number of fused-ring (bicyclic) bond motifs is 5. The molecule has 2 bridgehead atoms. The first-order valence-corrected chi connectivity index (χ1v) is 8.69. The highest BCUT2D eigenvalue weighted by Crippen LogP contribution is 2.66. The summed E-state index contributed by atoms with van der Waals surface area (Å²) >= 11 is 0. The molecule has 0 spiro atoms. The molecule has 1 aromatic heterocycles. The molecule has 1 aromatic carbocycles.